The zero-order chi connectivity index (χ0) is 7.94. The maximum absolute atomic E-state index is 8.44. The van der Waals surface area contributed by atoms with Gasteiger partial charge in [0.2, 0.25) is 0 Å². The second kappa shape index (κ2) is 5.52. The van der Waals surface area contributed by atoms with Gasteiger partial charge in [-0.25, -0.2) is 0 Å². The summed E-state index contributed by atoms with van der Waals surface area (Å²) < 4.78 is 0. The van der Waals surface area contributed by atoms with Gasteiger partial charge in [-0.1, -0.05) is 0 Å². The highest BCUT2D eigenvalue weighted by Gasteiger charge is 2.19. The van der Waals surface area contributed by atoms with Crippen molar-refractivity contribution in [1.82, 2.24) is 10.6 Å². The Bertz CT molecular complexity index is 94.1. The van der Waals surface area contributed by atoms with E-state index in [9.17, 15) is 0 Å². The molecule has 3 nitrogen and oxygen atoms in total. The van der Waals surface area contributed by atoms with Gasteiger partial charge in [-0.2, -0.15) is 0 Å². The normalized spacial score (nSPS) is 17.2. The molecule has 0 atom stereocenters. The van der Waals surface area contributed by atoms with Crippen LogP contribution in [-0.2, 0) is 0 Å². The van der Waals surface area contributed by atoms with Crippen LogP contribution in [0.15, 0.2) is 0 Å². The van der Waals surface area contributed by atoms with Crippen molar-refractivity contribution in [1.29, 1.82) is 0 Å². The minimum atomic E-state index is 0.246. The molecule has 0 bridgehead atoms. The first-order valence-corrected chi connectivity index (χ1v) is 4.48. The van der Waals surface area contributed by atoms with Crippen LogP contribution < -0.4 is 10.6 Å². The van der Waals surface area contributed by atoms with Crippen LogP contribution in [0.1, 0.15) is 19.3 Å². The monoisotopic (exact) mass is 158 g/mol. The van der Waals surface area contributed by atoms with Crippen molar-refractivity contribution in [3.63, 3.8) is 0 Å². The number of aliphatic hydroxyl groups excluding tert-OH is 1. The topological polar surface area (TPSA) is 44.3 Å². The van der Waals surface area contributed by atoms with Crippen LogP contribution in [0.25, 0.3) is 0 Å². The van der Waals surface area contributed by atoms with E-state index in [0.29, 0.717) is 0 Å². The Balaban J connectivity index is 1.66. The van der Waals surface area contributed by atoms with Gasteiger partial charge in [-0.3, -0.25) is 0 Å². The summed E-state index contributed by atoms with van der Waals surface area (Å²) in [7, 11) is 0. The lowest BCUT2D eigenvalue weighted by atomic mass is 10.4. The van der Waals surface area contributed by atoms with Crippen LogP contribution in [0.2, 0.25) is 0 Å². The molecule has 3 N–H and O–H groups in total. The minimum Gasteiger partial charge on any atom is -0.395 e. The first kappa shape index (κ1) is 8.97. The van der Waals surface area contributed by atoms with Gasteiger partial charge < -0.3 is 15.7 Å². The highest BCUT2D eigenvalue weighted by atomic mass is 16.3. The summed E-state index contributed by atoms with van der Waals surface area (Å²) in [5.74, 6) is 0. The Kier molecular flexibility index (Phi) is 4.50. The van der Waals surface area contributed by atoms with Gasteiger partial charge in [0.15, 0.2) is 0 Å². The summed E-state index contributed by atoms with van der Waals surface area (Å²) in [5.41, 5.74) is 0. The molecule has 0 aromatic rings. The van der Waals surface area contributed by atoms with Gasteiger partial charge in [0.25, 0.3) is 0 Å². The highest BCUT2D eigenvalue weighted by Crippen LogP contribution is 2.17. The fraction of sp³-hybridized carbons (Fsp3) is 1.00. The van der Waals surface area contributed by atoms with E-state index in [1.54, 1.807) is 0 Å². The molecule has 66 valence electrons. The molecule has 1 aliphatic rings. The van der Waals surface area contributed by atoms with Crippen molar-refractivity contribution < 1.29 is 5.11 Å². The Hall–Kier alpha value is -0.120. The smallest absolute Gasteiger partial charge is 0.0555 e. The Morgan fingerprint density at radius 3 is 2.64 bits per heavy atom. The third kappa shape index (κ3) is 5.18. The molecular formula is C8H18N2O. The Morgan fingerprint density at radius 1 is 1.18 bits per heavy atom. The average Bonchev–Trinajstić information content (AvgIpc) is 2.80. The molecule has 0 aromatic carbocycles. The summed E-state index contributed by atoms with van der Waals surface area (Å²) in [5, 5.41) is 15.0. The molecule has 0 aromatic heterocycles. The summed E-state index contributed by atoms with van der Waals surface area (Å²) in [6.45, 7) is 3.10. The largest absolute Gasteiger partial charge is 0.395 e. The van der Waals surface area contributed by atoms with Crippen molar-refractivity contribution in [2.75, 3.05) is 26.2 Å². The highest BCUT2D eigenvalue weighted by molar-refractivity contribution is 4.80. The first-order chi connectivity index (χ1) is 5.43. The summed E-state index contributed by atoms with van der Waals surface area (Å²) >= 11 is 0. The Morgan fingerprint density at radius 2 is 2.00 bits per heavy atom. The third-order valence-electron chi connectivity index (χ3n) is 1.83. The van der Waals surface area contributed by atoms with Crippen LogP contribution in [0, 0.1) is 0 Å². The van der Waals surface area contributed by atoms with E-state index in [0.717, 1.165) is 32.1 Å². The molecule has 11 heavy (non-hydrogen) atoms. The van der Waals surface area contributed by atoms with Crippen molar-refractivity contribution in [3.05, 3.63) is 0 Å². The second-order valence-electron chi connectivity index (χ2n) is 3.06. The van der Waals surface area contributed by atoms with E-state index in [1.165, 1.54) is 12.8 Å². The molecule has 3 heteroatoms. The molecular weight excluding hydrogens is 140 g/mol. The zero-order valence-electron chi connectivity index (χ0n) is 6.97. The van der Waals surface area contributed by atoms with E-state index in [4.69, 9.17) is 5.11 Å². The fourth-order valence-corrected chi connectivity index (χ4v) is 1.01. The number of aliphatic hydroxyl groups is 1. The molecule has 0 radical (unpaired) electrons. The molecule has 1 saturated carbocycles. The predicted molar refractivity (Wildman–Crippen MR) is 45.6 cm³/mol. The molecule has 1 aliphatic carbocycles. The van der Waals surface area contributed by atoms with E-state index in [2.05, 4.69) is 10.6 Å². The van der Waals surface area contributed by atoms with Gasteiger partial charge in [-0.05, 0) is 32.4 Å². The van der Waals surface area contributed by atoms with E-state index >= 15 is 0 Å². The molecule has 0 saturated heterocycles. The van der Waals surface area contributed by atoms with Gasteiger partial charge >= 0.3 is 0 Å². The van der Waals surface area contributed by atoms with Gasteiger partial charge in [0, 0.05) is 12.6 Å². The maximum atomic E-state index is 8.44. The average molecular weight is 158 g/mol. The quantitative estimate of drug-likeness (QED) is 0.446. The van der Waals surface area contributed by atoms with Crippen LogP contribution >= 0.6 is 0 Å². The number of hydrogen-bond donors (Lipinski definition) is 3. The van der Waals surface area contributed by atoms with Gasteiger partial charge in [0.1, 0.15) is 0 Å². The lowest BCUT2D eigenvalue weighted by Gasteiger charge is -2.03. The van der Waals surface area contributed by atoms with E-state index in [-0.39, 0.29) is 6.61 Å². The fourth-order valence-electron chi connectivity index (χ4n) is 1.01. The van der Waals surface area contributed by atoms with E-state index < -0.39 is 0 Å². The molecule has 0 spiro atoms. The number of rotatable bonds is 7. The van der Waals surface area contributed by atoms with Crippen molar-refractivity contribution in [3.8, 4) is 0 Å². The predicted octanol–water partition coefficient (Wildman–Crippen LogP) is -0.290. The lowest BCUT2D eigenvalue weighted by molar-refractivity contribution is 0.292. The van der Waals surface area contributed by atoms with Gasteiger partial charge in [-0.15, -0.1) is 0 Å². The molecule has 0 unspecified atom stereocenters. The lowest BCUT2D eigenvalue weighted by Crippen LogP contribution is -2.24. The molecule has 0 amide bonds. The summed E-state index contributed by atoms with van der Waals surface area (Å²) in [6, 6.07) is 0.827. The SMILES string of the molecule is OCCNCCCNC1CC1. The number of nitrogens with one attached hydrogen (secondary N) is 2. The molecule has 1 fully saturated rings. The van der Waals surface area contributed by atoms with Crippen molar-refractivity contribution in [2.24, 2.45) is 0 Å². The molecule has 0 heterocycles. The van der Waals surface area contributed by atoms with Crippen LogP contribution in [-0.4, -0.2) is 37.4 Å². The minimum absolute atomic E-state index is 0.246. The molecule has 0 aliphatic heterocycles. The Labute approximate surface area is 68.2 Å². The van der Waals surface area contributed by atoms with Crippen molar-refractivity contribution in [2.45, 2.75) is 25.3 Å². The first-order valence-electron chi connectivity index (χ1n) is 4.48. The van der Waals surface area contributed by atoms with Gasteiger partial charge in [0.05, 0.1) is 6.61 Å². The summed E-state index contributed by atoms with van der Waals surface area (Å²) in [4.78, 5) is 0. The second-order valence-corrected chi connectivity index (χ2v) is 3.06. The van der Waals surface area contributed by atoms with Crippen LogP contribution in [0.5, 0.6) is 0 Å². The van der Waals surface area contributed by atoms with E-state index in [1.807, 2.05) is 0 Å². The third-order valence-corrected chi connectivity index (χ3v) is 1.83. The molecule has 1 rings (SSSR count). The zero-order valence-corrected chi connectivity index (χ0v) is 6.97. The van der Waals surface area contributed by atoms with Crippen LogP contribution in [0.4, 0.5) is 0 Å². The van der Waals surface area contributed by atoms with Crippen molar-refractivity contribution >= 4 is 0 Å². The standard InChI is InChI=1S/C8H18N2O/c11-7-6-9-4-1-5-10-8-2-3-8/h8-11H,1-7H2. The number of hydrogen-bond acceptors (Lipinski definition) is 3. The summed E-state index contributed by atoms with van der Waals surface area (Å²) in [6.07, 6.45) is 3.89. The maximum Gasteiger partial charge on any atom is 0.0555 e. The van der Waals surface area contributed by atoms with Crippen LogP contribution in [0.3, 0.4) is 0 Å².